The average molecular weight is 370 g/mol. The lowest BCUT2D eigenvalue weighted by Gasteiger charge is -2.06. The zero-order valence-corrected chi connectivity index (χ0v) is 14.1. The van der Waals surface area contributed by atoms with Crippen LogP contribution in [0.5, 0.6) is 11.5 Å². The molecule has 0 saturated carbocycles. The van der Waals surface area contributed by atoms with E-state index >= 15 is 0 Å². The second-order valence-electron chi connectivity index (χ2n) is 5.34. The molecule has 3 rings (SSSR count). The van der Waals surface area contributed by atoms with Crippen LogP contribution in [-0.2, 0) is 0 Å². The van der Waals surface area contributed by atoms with E-state index in [1.165, 1.54) is 18.2 Å². The monoisotopic (exact) mass is 370 g/mol. The highest BCUT2D eigenvalue weighted by Crippen LogP contribution is 2.41. The predicted molar refractivity (Wildman–Crippen MR) is 90.6 cm³/mol. The van der Waals surface area contributed by atoms with Gasteiger partial charge < -0.3 is 9.47 Å². The maximum absolute atomic E-state index is 14.6. The van der Waals surface area contributed by atoms with Crippen molar-refractivity contribution in [1.29, 1.82) is 0 Å². The molecule has 0 aliphatic carbocycles. The number of halogens is 4. The van der Waals surface area contributed by atoms with Crippen LogP contribution in [0.4, 0.5) is 17.6 Å². The molecular formula is C18H14F4O2S. The molecule has 0 fully saturated rings. The number of unbranched alkanes of at least 4 members (excludes halogenated alkanes) is 1. The molecule has 0 bridgehead atoms. The molecule has 0 spiro atoms. The molecule has 7 heteroatoms. The van der Waals surface area contributed by atoms with Gasteiger partial charge in [0.25, 0.3) is 0 Å². The lowest BCUT2D eigenvalue weighted by atomic mass is 10.1. The van der Waals surface area contributed by atoms with Crippen LogP contribution in [0.2, 0.25) is 0 Å². The molecule has 132 valence electrons. The SMILES string of the molecule is CCCCOc1ccc2c(sc3c(F)c(OC=C(F)F)ccc32)c1F. The first-order chi connectivity index (χ1) is 12.0. The van der Waals surface area contributed by atoms with Gasteiger partial charge >= 0.3 is 6.08 Å². The summed E-state index contributed by atoms with van der Waals surface area (Å²) in [6.45, 7) is 2.40. The lowest BCUT2D eigenvalue weighted by molar-refractivity contribution is 0.295. The van der Waals surface area contributed by atoms with Gasteiger partial charge in [-0.1, -0.05) is 13.3 Å². The zero-order valence-electron chi connectivity index (χ0n) is 13.2. The number of rotatable bonds is 6. The Morgan fingerprint density at radius 3 is 2.20 bits per heavy atom. The van der Waals surface area contributed by atoms with E-state index in [1.54, 1.807) is 6.07 Å². The zero-order chi connectivity index (χ0) is 18.0. The number of fused-ring (bicyclic) bond motifs is 3. The van der Waals surface area contributed by atoms with Gasteiger partial charge in [0.15, 0.2) is 29.4 Å². The number of hydrogen-bond acceptors (Lipinski definition) is 3. The number of thiophene rings is 1. The van der Waals surface area contributed by atoms with Crippen LogP contribution in [0.3, 0.4) is 0 Å². The first kappa shape index (κ1) is 17.5. The van der Waals surface area contributed by atoms with Crippen LogP contribution in [0.25, 0.3) is 20.2 Å². The lowest BCUT2D eigenvalue weighted by Crippen LogP contribution is -1.98. The van der Waals surface area contributed by atoms with E-state index in [4.69, 9.17) is 4.74 Å². The van der Waals surface area contributed by atoms with Crippen LogP contribution >= 0.6 is 11.3 Å². The average Bonchev–Trinajstić information content (AvgIpc) is 2.97. The minimum Gasteiger partial charge on any atom is -0.490 e. The Hall–Kier alpha value is -2.28. The van der Waals surface area contributed by atoms with E-state index in [2.05, 4.69) is 4.74 Å². The molecule has 2 nitrogen and oxygen atoms in total. The maximum atomic E-state index is 14.6. The molecule has 0 unspecified atom stereocenters. The Morgan fingerprint density at radius 2 is 1.60 bits per heavy atom. The van der Waals surface area contributed by atoms with Gasteiger partial charge in [0.1, 0.15) is 0 Å². The van der Waals surface area contributed by atoms with Crippen molar-refractivity contribution in [3.8, 4) is 11.5 Å². The van der Waals surface area contributed by atoms with Crippen LogP contribution in [-0.4, -0.2) is 6.61 Å². The van der Waals surface area contributed by atoms with Crippen molar-refractivity contribution in [2.75, 3.05) is 6.61 Å². The molecule has 0 aliphatic heterocycles. The van der Waals surface area contributed by atoms with Gasteiger partial charge in [-0.2, -0.15) is 8.78 Å². The fourth-order valence-corrected chi connectivity index (χ4v) is 3.60. The maximum Gasteiger partial charge on any atom is 0.305 e. The Kier molecular flexibility index (Phi) is 5.13. The first-order valence-electron chi connectivity index (χ1n) is 7.66. The van der Waals surface area contributed by atoms with Crippen LogP contribution in [0.1, 0.15) is 19.8 Å². The van der Waals surface area contributed by atoms with Crippen molar-refractivity contribution in [1.82, 2.24) is 0 Å². The second-order valence-corrected chi connectivity index (χ2v) is 6.36. The topological polar surface area (TPSA) is 18.5 Å². The summed E-state index contributed by atoms with van der Waals surface area (Å²) in [5, 5.41) is 1.03. The highest BCUT2D eigenvalue weighted by molar-refractivity contribution is 7.25. The third kappa shape index (κ3) is 3.42. The summed E-state index contributed by atoms with van der Waals surface area (Å²) in [4.78, 5) is 0. The van der Waals surface area contributed by atoms with Gasteiger partial charge in [-0.3, -0.25) is 0 Å². The fourth-order valence-electron chi connectivity index (χ4n) is 2.44. The quantitative estimate of drug-likeness (QED) is 0.275. The van der Waals surface area contributed by atoms with Crippen molar-refractivity contribution in [2.24, 2.45) is 0 Å². The van der Waals surface area contributed by atoms with Gasteiger partial charge in [0.05, 0.1) is 16.0 Å². The molecule has 25 heavy (non-hydrogen) atoms. The summed E-state index contributed by atoms with van der Waals surface area (Å²) in [6, 6.07) is 5.95. The smallest absolute Gasteiger partial charge is 0.305 e. The highest BCUT2D eigenvalue weighted by Gasteiger charge is 2.18. The Labute approximate surface area is 145 Å². The van der Waals surface area contributed by atoms with E-state index in [0.717, 1.165) is 24.2 Å². The molecule has 0 N–H and O–H groups in total. The number of benzene rings is 2. The molecule has 0 radical (unpaired) electrons. The summed E-state index contributed by atoms with van der Waals surface area (Å²) in [6.07, 6.45) is -0.180. The highest BCUT2D eigenvalue weighted by atomic mass is 32.1. The molecular weight excluding hydrogens is 356 g/mol. The third-order valence-corrected chi connectivity index (χ3v) is 4.85. The van der Waals surface area contributed by atoms with Gasteiger partial charge in [0.2, 0.25) is 0 Å². The molecule has 0 aliphatic rings. The van der Waals surface area contributed by atoms with Gasteiger partial charge in [-0.15, -0.1) is 11.3 Å². The van der Waals surface area contributed by atoms with Crippen LogP contribution in [0.15, 0.2) is 36.6 Å². The third-order valence-electron chi connectivity index (χ3n) is 3.65. The van der Waals surface area contributed by atoms with Crippen molar-refractivity contribution < 1.29 is 27.0 Å². The minimum absolute atomic E-state index is 0.117. The van der Waals surface area contributed by atoms with Gasteiger partial charge in [-0.25, -0.2) is 8.78 Å². The molecule has 0 saturated heterocycles. The largest absolute Gasteiger partial charge is 0.490 e. The first-order valence-corrected chi connectivity index (χ1v) is 8.48. The Balaban J connectivity index is 2.07. The Bertz CT molecular complexity index is 945. The van der Waals surface area contributed by atoms with Crippen molar-refractivity contribution in [3.05, 3.63) is 48.2 Å². The molecule has 2 aromatic carbocycles. The number of ether oxygens (including phenoxy) is 2. The van der Waals surface area contributed by atoms with E-state index in [1.807, 2.05) is 6.92 Å². The fraction of sp³-hybridized carbons (Fsp3) is 0.222. The summed E-state index contributed by atoms with van der Waals surface area (Å²) in [7, 11) is 0. The summed E-state index contributed by atoms with van der Waals surface area (Å²) in [5.74, 6) is -1.58. The molecule has 1 aromatic heterocycles. The Morgan fingerprint density at radius 1 is 1.00 bits per heavy atom. The normalized spacial score (nSPS) is 11.1. The molecule has 1 heterocycles. The van der Waals surface area contributed by atoms with Crippen molar-refractivity contribution >= 4 is 31.5 Å². The van der Waals surface area contributed by atoms with E-state index in [0.29, 0.717) is 17.4 Å². The summed E-state index contributed by atoms with van der Waals surface area (Å²) >= 11 is 0.899. The molecule has 0 amide bonds. The second kappa shape index (κ2) is 7.31. The van der Waals surface area contributed by atoms with Crippen molar-refractivity contribution in [3.63, 3.8) is 0 Å². The van der Waals surface area contributed by atoms with E-state index in [-0.39, 0.29) is 27.2 Å². The van der Waals surface area contributed by atoms with Crippen molar-refractivity contribution in [2.45, 2.75) is 19.8 Å². The van der Waals surface area contributed by atoms with Crippen LogP contribution in [0, 0.1) is 11.6 Å². The standard InChI is InChI=1S/C18H14F4O2S/c1-2-3-8-23-12-6-4-10-11-5-7-13(24-9-14(19)20)16(22)18(11)25-17(10)15(12)21/h4-7,9H,2-3,8H2,1H3. The molecule has 0 atom stereocenters. The summed E-state index contributed by atoms with van der Waals surface area (Å²) < 4.78 is 63.8. The van der Waals surface area contributed by atoms with E-state index in [9.17, 15) is 17.6 Å². The summed E-state index contributed by atoms with van der Waals surface area (Å²) in [5.41, 5.74) is 0. The molecule has 3 aromatic rings. The number of hydrogen-bond donors (Lipinski definition) is 0. The van der Waals surface area contributed by atoms with Gasteiger partial charge in [0, 0.05) is 10.8 Å². The predicted octanol–water partition coefficient (Wildman–Crippen LogP) is 6.63. The van der Waals surface area contributed by atoms with Crippen LogP contribution < -0.4 is 9.47 Å². The minimum atomic E-state index is -2.07. The van der Waals surface area contributed by atoms with E-state index < -0.39 is 17.7 Å². The van der Waals surface area contributed by atoms with Gasteiger partial charge in [-0.05, 0) is 30.7 Å².